The van der Waals surface area contributed by atoms with Gasteiger partial charge in [0.2, 0.25) is 0 Å². The summed E-state index contributed by atoms with van der Waals surface area (Å²) >= 11 is 0. The number of amides is 1. The lowest BCUT2D eigenvalue weighted by molar-refractivity contribution is 0.0948. The van der Waals surface area contributed by atoms with Crippen LogP contribution in [0.1, 0.15) is 16.1 Å². The summed E-state index contributed by atoms with van der Waals surface area (Å²) in [6.45, 7) is 0.125. The Morgan fingerprint density at radius 2 is 2.05 bits per heavy atom. The monoisotopic (exact) mass is 279 g/mol. The average Bonchev–Trinajstić information content (AvgIpc) is 2.43. The fraction of sp³-hybridized carbons (Fsp3) is 0.154. The molecule has 0 fully saturated rings. The molecule has 20 heavy (non-hydrogen) atoms. The molecule has 2 N–H and O–H groups in total. The number of rotatable bonds is 4. The summed E-state index contributed by atoms with van der Waals surface area (Å²) in [5.74, 6) is -1.56. The van der Waals surface area contributed by atoms with Gasteiger partial charge in [0.05, 0.1) is 0 Å². The van der Waals surface area contributed by atoms with Gasteiger partial charge in [-0.3, -0.25) is 9.59 Å². The first-order chi connectivity index (χ1) is 9.56. The topological polar surface area (TPSA) is 74.8 Å². The number of halogens is 2. The highest BCUT2D eigenvalue weighted by atomic mass is 19.1. The average molecular weight is 279 g/mol. The number of hydrogen-bond donors (Lipinski definition) is 2. The Labute approximate surface area is 112 Å². The predicted molar refractivity (Wildman–Crippen MR) is 67.3 cm³/mol. The summed E-state index contributed by atoms with van der Waals surface area (Å²) in [6.07, 6.45) is 0.151. The SMILES string of the molecule is O=C(NCCc1cc(F)ccc1F)c1ccc(=O)[nH]n1. The van der Waals surface area contributed by atoms with Crippen LogP contribution in [0.2, 0.25) is 0 Å². The third-order valence-corrected chi connectivity index (χ3v) is 2.60. The number of carbonyl (C=O) groups excluding carboxylic acids is 1. The maximum atomic E-state index is 13.3. The molecule has 2 aromatic rings. The molecule has 0 saturated carbocycles. The number of benzene rings is 1. The Balaban J connectivity index is 1.92. The van der Waals surface area contributed by atoms with Crippen molar-refractivity contribution in [1.82, 2.24) is 15.5 Å². The van der Waals surface area contributed by atoms with E-state index in [2.05, 4.69) is 15.5 Å². The minimum atomic E-state index is -0.532. The van der Waals surface area contributed by atoms with Crippen molar-refractivity contribution in [1.29, 1.82) is 0 Å². The maximum Gasteiger partial charge on any atom is 0.271 e. The van der Waals surface area contributed by atoms with Crippen molar-refractivity contribution >= 4 is 5.91 Å². The summed E-state index contributed by atoms with van der Waals surface area (Å²) in [7, 11) is 0. The largest absolute Gasteiger partial charge is 0.350 e. The lowest BCUT2D eigenvalue weighted by Crippen LogP contribution is -2.27. The van der Waals surface area contributed by atoms with Gasteiger partial charge < -0.3 is 5.32 Å². The van der Waals surface area contributed by atoms with E-state index in [0.717, 1.165) is 18.2 Å². The zero-order valence-electron chi connectivity index (χ0n) is 10.3. The molecule has 0 spiro atoms. The first kappa shape index (κ1) is 13.9. The Morgan fingerprint density at radius 1 is 1.25 bits per heavy atom. The minimum Gasteiger partial charge on any atom is -0.350 e. The van der Waals surface area contributed by atoms with Gasteiger partial charge >= 0.3 is 0 Å². The van der Waals surface area contributed by atoms with E-state index in [9.17, 15) is 18.4 Å². The Bertz CT molecular complexity index is 665. The molecule has 2 rings (SSSR count). The van der Waals surface area contributed by atoms with E-state index in [0.29, 0.717) is 0 Å². The van der Waals surface area contributed by atoms with Crippen molar-refractivity contribution in [2.75, 3.05) is 6.54 Å². The highest BCUT2D eigenvalue weighted by Gasteiger charge is 2.08. The van der Waals surface area contributed by atoms with E-state index in [-0.39, 0.29) is 24.2 Å². The molecule has 7 heteroatoms. The predicted octanol–water partition coefficient (Wildman–Crippen LogP) is 1.02. The molecule has 0 aliphatic carbocycles. The van der Waals surface area contributed by atoms with Crippen molar-refractivity contribution in [2.24, 2.45) is 0 Å². The molecule has 1 aromatic carbocycles. The van der Waals surface area contributed by atoms with E-state index in [4.69, 9.17) is 0 Å². The molecular weight excluding hydrogens is 268 g/mol. The summed E-state index contributed by atoms with van der Waals surface area (Å²) in [6, 6.07) is 5.60. The number of carbonyl (C=O) groups is 1. The molecule has 0 aliphatic rings. The van der Waals surface area contributed by atoms with Gasteiger partial charge in [-0.2, -0.15) is 5.10 Å². The summed E-state index contributed by atoms with van der Waals surface area (Å²) in [5.41, 5.74) is -0.188. The van der Waals surface area contributed by atoms with Crippen LogP contribution in [-0.4, -0.2) is 22.6 Å². The molecule has 1 heterocycles. The van der Waals surface area contributed by atoms with Gasteiger partial charge in [-0.15, -0.1) is 0 Å². The van der Waals surface area contributed by atoms with Crippen molar-refractivity contribution in [2.45, 2.75) is 6.42 Å². The number of hydrogen-bond acceptors (Lipinski definition) is 3. The molecule has 1 amide bonds. The lowest BCUT2D eigenvalue weighted by Gasteiger charge is -2.05. The van der Waals surface area contributed by atoms with Crippen LogP contribution in [0.5, 0.6) is 0 Å². The lowest BCUT2D eigenvalue weighted by atomic mass is 10.1. The van der Waals surface area contributed by atoms with Gasteiger partial charge in [-0.25, -0.2) is 13.9 Å². The number of nitrogens with one attached hydrogen (secondary N) is 2. The van der Waals surface area contributed by atoms with Crippen LogP contribution < -0.4 is 10.9 Å². The Morgan fingerprint density at radius 3 is 2.75 bits per heavy atom. The number of H-pyrrole nitrogens is 1. The van der Waals surface area contributed by atoms with Crippen LogP contribution in [0.4, 0.5) is 8.78 Å². The molecule has 0 bridgehead atoms. The van der Waals surface area contributed by atoms with Gasteiger partial charge in [-0.05, 0) is 36.2 Å². The van der Waals surface area contributed by atoms with Gasteiger partial charge in [0.1, 0.15) is 17.3 Å². The number of nitrogens with zero attached hydrogens (tertiary/aromatic N) is 1. The van der Waals surface area contributed by atoms with E-state index < -0.39 is 23.1 Å². The molecule has 0 saturated heterocycles. The second-order valence-electron chi connectivity index (χ2n) is 4.05. The first-order valence-corrected chi connectivity index (χ1v) is 5.84. The second kappa shape index (κ2) is 6.05. The van der Waals surface area contributed by atoms with E-state index >= 15 is 0 Å². The third kappa shape index (κ3) is 3.47. The fourth-order valence-corrected chi connectivity index (χ4v) is 1.61. The van der Waals surface area contributed by atoms with Crippen LogP contribution in [0.15, 0.2) is 35.1 Å². The quantitative estimate of drug-likeness (QED) is 0.877. The number of aromatic nitrogens is 2. The van der Waals surface area contributed by atoms with Crippen molar-refractivity contribution < 1.29 is 13.6 Å². The second-order valence-corrected chi connectivity index (χ2v) is 4.05. The zero-order valence-corrected chi connectivity index (χ0v) is 10.3. The molecule has 104 valence electrons. The fourth-order valence-electron chi connectivity index (χ4n) is 1.61. The standard InChI is InChI=1S/C13H11F2N3O2/c14-9-1-2-10(15)8(7-9)5-6-16-13(20)11-3-4-12(19)18-17-11/h1-4,7H,5-6H2,(H,16,20)(H,18,19). The molecule has 1 aromatic heterocycles. The normalized spacial score (nSPS) is 10.3. The van der Waals surface area contributed by atoms with Gasteiger partial charge in [0.25, 0.3) is 11.5 Å². The van der Waals surface area contributed by atoms with Crippen LogP contribution in [0.3, 0.4) is 0 Å². The molecule has 0 aliphatic heterocycles. The van der Waals surface area contributed by atoms with Gasteiger partial charge in [0, 0.05) is 12.6 Å². The summed E-state index contributed by atoms with van der Waals surface area (Å²) in [4.78, 5) is 22.4. The molecular formula is C13H11F2N3O2. The molecule has 0 unspecified atom stereocenters. The first-order valence-electron chi connectivity index (χ1n) is 5.84. The number of aromatic amines is 1. The van der Waals surface area contributed by atoms with E-state index in [1.807, 2.05) is 0 Å². The minimum absolute atomic E-state index is 0.0457. The highest BCUT2D eigenvalue weighted by Crippen LogP contribution is 2.09. The Kier molecular flexibility index (Phi) is 4.19. The van der Waals surface area contributed by atoms with E-state index in [1.54, 1.807) is 0 Å². The van der Waals surface area contributed by atoms with Crippen molar-refractivity contribution in [3.05, 3.63) is 63.6 Å². The molecule has 5 nitrogen and oxygen atoms in total. The van der Waals surface area contributed by atoms with Gasteiger partial charge in [0.15, 0.2) is 0 Å². The van der Waals surface area contributed by atoms with Crippen LogP contribution >= 0.6 is 0 Å². The summed E-state index contributed by atoms with van der Waals surface area (Å²) in [5, 5.41) is 8.18. The van der Waals surface area contributed by atoms with Gasteiger partial charge in [-0.1, -0.05) is 0 Å². The molecule has 0 radical (unpaired) electrons. The Hall–Kier alpha value is -2.57. The molecule has 0 atom stereocenters. The van der Waals surface area contributed by atoms with Crippen molar-refractivity contribution in [3.8, 4) is 0 Å². The smallest absolute Gasteiger partial charge is 0.271 e. The van der Waals surface area contributed by atoms with E-state index in [1.165, 1.54) is 12.1 Å². The maximum absolute atomic E-state index is 13.3. The van der Waals surface area contributed by atoms with Crippen LogP contribution in [0.25, 0.3) is 0 Å². The zero-order chi connectivity index (χ0) is 14.5. The highest BCUT2D eigenvalue weighted by molar-refractivity contribution is 5.91. The third-order valence-electron chi connectivity index (χ3n) is 2.60. The van der Waals surface area contributed by atoms with Crippen molar-refractivity contribution in [3.63, 3.8) is 0 Å². The van der Waals surface area contributed by atoms with Crippen LogP contribution in [-0.2, 0) is 6.42 Å². The summed E-state index contributed by atoms with van der Waals surface area (Å²) < 4.78 is 26.3. The van der Waals surface area contributed by atoms with Crippen LogP contribution in [0, 0.1) is 11.6 Å².